The Morgan fingerprint density at radius 2 is 1.00 bits per heavy atom. The Labute approximate surface area is 103 Å². The van der Waals surface area contributed by atoms with E-state index in [1.807, 2.05) is 27.7 Å². The topological polar surface area (TPSA) is 0 Å². The van der Waals surface area contributed by atoms with Crippen LogP contribution >= 0.6 is 0 Å². The molecule has 1 aliphatic rings. The lowest BCUT2D eigenvalue weighted by Gasteiger charge is -2.15. The van der Waals surface area contributed by atoms with Gasteiger partial charge in [-0.05, 0) is 50.7 Å². The number of hydrogen-bond donors (Lipinski definition) is 0. The highest BCUT2D eigenvalue weighted by Gasteiger charge is 2.06. The summed E-state index contributed by atoms with van der Waals surface area (Å²) in [7, 11) is 0. The van der Waals surface area contributed by atoms with E-state index in [0.29, 0.717) is 0 Å². The van der Waals surface area contributed by atoms with Crippen LogP contribution in [0, 0.1) is 0 Å². The van der Waals surface area contributed by atoms with Crippen molar-refractivity contribution in [3.63, 3.8) is 0 Å². The molecule has 0 aromatic carbocycles. The van der Waals surface area contributed by atoms with Crippen molar-refractivity contribution in [2.45, 2.75) is 67.2 Å². The molecule has 0 amide bonds. The molecule has 1 rings (SSSR count). The van der Waals surface area contributed by atoms with Gasteiger partial charge in [-0.25, -0.2) is 0 Å². The Hall–Kier alpha value is -0.780. The van der Waals surface area contributed by atoms with Crippen LogP contribution in [0.4, 0.5) is 0 Å². The van der Waals surface area contributed by atoms with Crippen molar-refractivity contribution in [2.24, 2.45) is 0 Å². The zero-order chi connectivity index (χ0) is 12.8. The van der Waals surface area contributed by atoms with Gasteiger partial charge in [-0.3, -0.25) is 0 Å². The maximum absolute atomic E-state index is 2.26. The number of rotatable bonds is 2. The summed E-state index contributed by atoms with van der Waals surface area (Å²) < 4.78 is 0. The lowest BCUT2D eigenvalue weighted by molar-refractivity contribution is 0.693. The van der Waals surface area contributed by atoms with Gasteiger partial charge in [0.05, 0.1) is 0 Å². The van der Waals surface area contributed by atoms with Gasteiger partial charge in [-0.2, -0.15) is 0 Å². The Kier molecular flexibility index (Phi) is 15.7. The first kappa shape index (κ1) is 17.6. The minimum absolute atomic E-state index is 1.27. The Bertz CT molecular complexity index is 192. The van der Waals surface area contributed by atoms with E-state index < -0.39 is 0 Å². The third-order valence-corrected chi connectivity index (χ3v) is 2.29. The average molecular weight is 222 g/mol. The summed E-state index contributed by atoms with van der Waals surface area (Å²) in [6.07, 6.45) is 14.1. The first-order valence-corrected chi connectivity index (χ1v) is 6.86. The molecule has 0 heterocycles. The molecule has 0 aromatic heterocycles. The lowest BCUT2D eigenvalue weighted by atomic mass is 9.91. The molecule has 0 N–H and O–H groups in total. The van der Waals surface area contributed by atoms with Crippen molar-refractivity contribution in [2.75, 3.05) is 0 Å². The average Bonchev–Trinajstić information content (AvgIpc) is 2.37. The fourth-order valence-corrected chi connectivity index (χ4v) is 1.74. The molecular formula is C16H30. The predicted molar refractivity (Wildman–Crippen MR) is 77.8 cm³/mol. The van der Waals surface area contributed by atoms with Gasteiger partial charge in [0.2, 0.25) is 0 Å². The van der Waals surface area contributed by atoms with Crippen LogP contribution in [0.1, 0.15) is 67.2 Å². The Morgan fingerprint density at radius 1 is 0.688 bits per heavy atom. The molecule has 0 unspecified atom stereocenters. The largest absolute Gasteiger partial charge is 0.0874 e. The fraction of sp³-hybridized carbons (Fsp3) is 0.625. The summed E-state index contributed by atoms with van der Waals surface area (Å²) >= 11 is 0. The summed E-state index contributed by atoms with van der Waals surface area (Å²) in [5, 5.41) is 0. The summed E-state index contributed by atoms with van der Waals surface area (Å²) in [6, 6.07) is 0. The lowest BCUT2D eigenvalue weighted by Crippen LogP contribution is -1.95. The molecule has 0 bridgehead atoms. The highest BCUT2D eigenvalue weighted by molar-refractivity contribution is 5.34. The van der Waals surface area contributed by atoms with Crippen LogP contribution in [0.2, 0.25) is 0 Å². The third kappa shape index (κ3) is 7.50. The van der Waals surface area contributed by atoms with Crippen LogP contribution in [0.3, 0.4) is 0 Å². The summed E-state index contributed by atoms with van der Waals surface area (Å²) in [5.41, 5.74) is 3.09. The minimum Gasteiger partial charge on any atom is -0.0874 e. The molecular weight excluding hydrogens is 192 g/mol. The molecule has 0 fully saturated rings. The summed E-state index contributed by atoms with van der Waals surface area (Å²) in [4.78, 5) is 0. The molecule has 1 aliphatic carbocycles. The Balaban J connectivity index is 0. The van der Waals surface area contributed by atoms with Crippen molar-refractivity contribution < 1.29 is 0 Å². The molecule has 0 spiro atoms. The van der Waals surface area contributed by atoms with Crippen molar-refractivity contribution in [3.8, 4) is 0 Å². The number of allylic oxidation sites excluding steroid dienone is 6. The van der Waals surface area contributed by atoms with Gasteiger partial charge in [0.1, 0.15) is 0 Å². The second kappa shape index (κ2) is 14.2. The van der Waals surface area contributed by atoms with Gasteiger partial charge in [-0.15, -0.1) is 0 Å². The van der Waals surface area contributed by atoms with E-state index in [1.165, 1.54) is 25.7 Å². The highest BCUT2D eigenvalue weighted by atomic mass is 14.1. The molecule has 0 atom stereocenters. The molecule has 94 valence electrons. The normalized spacial score (nSPS) is 15.6. The Morgan fingerprint density at radius 3 is 1.25 bits per heavy atom. The second-order valence-corrected chi connectivity index (χ2v) is 3.26. The standard InChI is InChI=1S/C12H18.2C2H6/c1-3-7-11-9-5-6-10-12(11)8-4-2;2*1-2/h3-4,7-8H,5-6,9-10H2,1-2H3;2*1-2H3/b7-3-,8-4-;;. The van der Waals surface area contributed by atoms with Crippen molar-refractivity contribution in [1.29, 1.82) is 0 Å². The van der Waals surface area contributed by atoms with E-state index in [4.69, 9.17) is 0 Å². The molecule has 0 heteroatoms. The summed E-state index contributed by atoms with van der Waals surface area (Å²) in [6.45, 7) is 12.2. The van der Waals surface area contributed by atoms with Gasteiger partial charge in [-0.1, -0.05) is 52.0 Å². The van der Waals surface area contributed by atoms with Gasteiger partial charge in [0.15, 0.2) is 0 Å². The van der Waals surface area contributed by atoms with Gasteiger partial charge >= 0.3 is 0 Å². The van der Waals surface area contributed by atoms with Crippen LogP contribution in [0.5, 0.6) is 0 Å². The SMILES string of the molecule is C/C=C\C1=C(/C=C\C)CCCC1.CC.CC. The van der Waals surface area contributed by atoms with Crippen LogP contribution in [0.15, 0.2) is 35.5 Å². The molecule has 0 aromatic rings. The fourth-order valence-electron chi connectivity index (χ4n) is 1.74. The van der Waals surface area contributed by atoms with Crippen LogP contribution in [-0.4, -0.2) is 0 Å². The van der Waals surface area contributed by atoms with Gasteiger partial charge in [0, 0.05) is 0 Å². The van der Waals surface area contributed by atoms with Crippen molar-refractivity contribution in [3.05, 3.63) is 35.5 Å². The molecule has 0 aliphatic heterocycles. The van der Waals surface area contributed by atoms with E-state index in [1.54, 1.807) is 11.1 Å². The van der Waals surface area contributed by atoms with E-state index in [-0.39, 0.29) is 0 Å². The van der Waals surface area contributed by atoms with Gasteiger partial charge < -0.3 is 0 Å². The van der Waals surface area contributed by atoms with Crippen LogP contribution in [0.25, 0.3) is 0 Å². The zero-order valence-corrected chi connectivity index (χ0v) is 12.1. The first-order valence-electron chi connectivity index (χ1n) is 6.86. The quantitative estimate of drug-likeness (QED) is 0.532. The highest BCUT2D eigenvalue weighted by Crippen LogP contribution is 2.26. The summed E-state index contributed by atoms with van der Waals surface area (Å²) in [5.74, 6) is 0. The van der Waals surface area contributed by atoms with Crippen molar-refractivity contribution >= 4 is 0 Å². The van der Waals surface area contributed by atoms with E-state index in [0.717, 1.165) is 0 Å². The van der Waals surface area contributed by atoms with E-state index in [2.05, 4.69) is 38.2 Å². The smallest absolute Gasteiger partial charge is 0.0276 e. The van der Waals surface area contributed by atoms with E-state index in [9.17, 15) is 0 Å². The monoisotopic (exact) mass is 222 g/mol. The van der Waals surface area contributed by atoms with Crippen LogP contribution < -0.4 is 0 Å². The third-order valence-electron chi connectivity index (χ3n) is 2.29. The van der Waals surface area contributed by atoms with E-state index >= 15 is 0 Å². The molecule has 0 saturated carbocycles. The molecule has 0 nitrogen and oxygen atoms in total. The minimum atomic E-state index is 1.27. The molecule has 0 radical (unpaired) electrons. The van der Waals surface area contributed by atoms with Crippen molar-refractivity contribution in [1.82, 2.24) is 0 Å². The molecule has 0 saturated heterocycles. The van der Waals surface area contributed by atoms with Gasteiger partial charge in [0.25, 0.3) is 0 Å². The second-order valence-electron chi connectivity index (χ2n) is 3.26. The maximum Gasteiger partial charge on any atom is -0.0276 e. The molecule has 16 heavy (non-hydrogen) atoms. The predicted octanol–water partition coefficient (Wildman–Crippen LogP) is 6.06. The number of hydrogen-bond acceptors (Lipinski definition) is 0. The maximum atomic E-state index is 2.26. The first-order chi connectivity index (χ1) is 7.88. The zero-order valence-electron chi connectivity index (χ0n) is 12.1. The van der Waals surface area contributed by atoms with Crippen LogP contribution in [-0.2, 0) is 0 Å².